The summed E-state index contributed by atoms with van der Waals surface area (Å²) in [5, 5.41) is 20.0. The van der Waals surface area contributed by atoms with E-state index < -0.39 is 11.6 Å². The van der Waals surface area contributed by atoms with Crippen molar-refractivity contribution in [1.29, 1.82) is 0 Å². The summed E-state index contributed by atoms with van der Waals surface area (Å²) in [6.07, 6.45) is 0. The molecule has 0 bridgehead atoms. The first-order chi connectivity index (χ1) is 8.56. The molecule has 0 radical (unpaired) electrons. The molecule has 18 heavy (non-hydrogen) atoms. The van der Waals surface area contributed by atoms with E-state index in [-0.39, 0.29) is 0 Å². The molecular weight excluding hydrogens is 343 g/mol. The fraction of sp³-hybridized carbons (Fsp3) is 0.0714. The van der Waals surface area contributed by atoms with E-state index in [1.54, 1.807) is 54.6 Å². The lowest BCUT2D eigenvalue weighted by Crippen LogP contribution is -2.37. The molecular formula is C14H11IO3. The highest BCUT2D eigenvalue weighted by Crippen LogP contribution is 2.32. The molecule has 92 valence electrons. The van der Waals surface area contributed by atoms with Crippen LogP contribution in [0.25, 0.3) is 0 Å². The van der Waals surface area contributed by atoms with Crippen LogP contribution in [0, 0.1) is 3.57 Å². The van der Waals surface area contributed by atoms with Gasteiger partial charge in [-0.25, -0.2) is 4.79 Å². The van der Waals surface area contributed by atoms with Gasteiger partial charge in [0, 0.05) is 9.13 Å². The van der Waals surface area contributed by atoms with Crippen molar-refractivity contribution in [1.82, 2.24) is 0 Å². The van der Waals surface area contributed by atoms with Gasteiger partial charge in [0.25, 0.3) is 0 Å². The molecule has 0 aromatic heterocycles. The maximum Gasteiger partial charge on any atom is 0.345 e. The molecule has 3 nitrogen and oxygen atoms in total. The Morgan fingerprint density at radius 2 is 1.56 bits per heavy atom. The van der Waals surface area contributed by atoms with E-state index >= 15 is 0 Å². The van der Waals surface area contributed by atoms with E-state index in [0.29, 0.717) is 14.7 Å². The van der Waals surface area contributed by atoms with Crippen LogP contribution in [0.3, 0.4) is 0 Å². The number of halogens is 1. The third-order valence-electron chi connectivity index (χ3n) is 2.76. The summed E-state index contributed by atoms with van der Waals surface area (Å²) in [5.41, 5.74) is -1.29. The Balaban J connectivity index is 2.67. The fourth-order valence-electron chi connectivity index (χ4n) is 1.83. The van der Waals surface area contributed by atoms with E-state index in [9.17, 15) is 15.0 Å². The largest absolute Gasteiger partial charge is 0.479 e. The Morgan fingerprint density at radius 3 is 2.11 bits per heavy atom. The average molecular weight is 354 g/mol. The van der Waals surface area contributed by atoms with Crippen molar-refractivity contribution in [3.63, 3.8) is 0 Å². The molecule has 2 rings (SSSR count). The molecule has 0 aliphatic carbocycles. The maximum atomic E-state index is 11.5. The molecule has 0 saturated carbocycles. The number of hydrogen-bond donors (Lipinski definition) is 2. The number of carbonyl (C=O) groups is 1. The second-order valence-electron chi connectivity index (χ2n) is 3.86. The van der Waals surface area contributed by atoms with Crippen molar-refractivity contribution >= 4 is 28.6 Å². The number of aliphatic hydroxyl groups is 1. The van der Waals surface area contributed by atoms with Gasteiger partial charge in [-0.15, -0.1) is 0 Å². The van der Waals surface area contributed by atoms with E-state index in [1.807, 2.05) is 22.6 Å². The van der Waals surface area contributed by atoms with Crippen molar-refractivity contribution in [3.05, 3.63) is 69.3 Å². The van der Waals surface area contributed by atoms with Crippen molar-refractivity contribution in [2.75, 3.05) is 0 Å². The van der Waals surface area contributed by atoms with Gasteiger partial charge < -0.3 is 10.2 Å². The molecule has 0 amide bonds. The molecule has 0 aliphatic heterocycles. The van der Waals surface area contributed by atoms with Crippen LogP contribution in [0.15, 0.2) is 54.6 Å². The first-order valence-corrected chi connectivity index (χ1v) is 6.41. The minimum atomic E-state index is -2.01. The third kappa shape index (κ3) is 2.13. The van der Waals surface area contributed by atoms with Crippen molar-refractivity contribution in [2.45, 2.75) is 5.60 Å². The maximum absolute atomic E-state index is 11.5. The van der Waals surface area contributed by atoms with Gasteiger partial charge in [-0.05, 0) is 34.2 Å². The van der Waals surface area contributed by atoms with Gasteiger partial charge in [-0.1, -0.05) is 48.5 Å². The van der Waals surface area contributed by atoms with Crippen molar-refractivity contribution < 1.29 is 15.0 Å². The summed E-state index contributed by atoms with van der Waals surface area (Å²) in [6.45, 7) is 0. The quantitative estimate of drug-likeness (QED) is 0.834. The number of carboxylic acids is 1. The van der Waals surface area contributed by atoms with E-state index in [2.05, 4.69) is 0 Å². The summed E-state index contributed by atoms with van der Waals surface area (Å²) in [5.74, 6) is -1.28. The van der Waals surface area contributed by atoms with Crippen LogP contribution < -0.4 is 0 Å². The molecule has 4 heteroatoms. The highest BCUT2D eigenvalue weighted by molar-refractivity contribution is 14.1. The monoisotopic (exact) mass is 354 g/mol. The Bertz CT molecular complexity index is 568. The van der Waals surface area contributed by atoms with Crippen LogP contribution in [0.5, 0.6) is 0 Å². The Morgan fingerprint density at radius 1 is 1.00 bits per heavy atom. The van der Waals surface area contributed by atoms with Gasteiger partial charge in [0.1, 0.15) is 0 Å². The van der Waals surface area contributed by atoms with Crippen LogP contribution in [-0.2, 0) is 10.4 Å². The fourth-order valence-corrected chi connectivity index (χ4v) is 2.61. The standard InChI is InChI=1S/C14H11IO3/c15-12-9-5-4-8-11(12)14(18,13(16)17)10-6-2-1-3-7-10/h1-9,18H,(H,16,17). The van der Waals surface area contributed by atoms with Gasteiger partial charge in [-0.2, -0.15) is 0 Å². The molecule has 2 aromatic rings. The Hall–Kier alpha value is -1.40. The first-order valence-electron chi connectivity index (χ1n) is 5.33. The van der Waals surface area contributed by atoms with E-state index in [1.165, 1.54) is 0 Å². The average Bonchev–Trinajstić information content (AvgIpc) is 2.39. The highest BCUT2D eigenvalue weighted by atomic mass is 127. The van der Waals surface area contributed by atoms with E-state index in [4.69, 9.17) is 0 Å². The topological polar surface area (TPSA) is 57.5 Å². The predicted octanol–water partition coefficient (Wildman–Crippen LogP) is 2.61. The lowest BCUT2D eigenvalue weighted by molar-refractivity contribution is -0.155. The molecule has 0 aliphatic rings. The second kappa shape index (κ2) is 5.07. The minimum absolute atomic E-state index is 0.349. The second-order valence-corrected chi connectivity index (χ2v) is 5.02. The molecule has 0 spiro atoms. The van der Waals surface area contributed by atoms with Crippen LogP contribution in [-0.4, -0.2) is 16.2 Å². The molecule has 2 aromatic carbocycles. The predicted molar refractivity (Wildman–Crippen MR) is 76.2 cm³/mol. The normalized spacial score (nSPS) is 13.9. The number of benzene rings is 2. The van der Waals surface area contributed by atoms with Gasteiger partial charge in [0.2, 0.25) is 5.60 Å². The van der Waals surface area contributed by atoms with Crippen LogP contribution >= 0.6 is 22.6 Å². The molecule has 0 saturated heterocycles. The summed E-state index contributed by atoms with van der Waals surface area (Å²) in [6, 6.07) is 15.3. The van der Waals surface area contributed by atoms with Crippen molar-refractivity contribution in [3.8, 4) is 0 Å². The molecule has 2 N–H and O–H groups in total. The lowest BCUT2D eigenvalue weighted by Gasteiger charge is -2.25. The Kier molecular flexibility index (Phi) is 3.68. The molecule has 1 atom stereocenters. The highest BCUT2D eigenvalue weighted by Gasteiger charge is 2.41. The van der Waals surface area contributed by atoms with Gasteiger partial charge in [0.15, 0.2) is 0 Å². The first kappa shape index (κ1) is 13.0. The van der Waals surface area contributed by atoms with E-state index in [0.717, 1.165) is 0 Å². The van der Waals surface area contributed by atoms with Gasteiger partial charge >= 0.3 is 5.97 Å². The van der Waals surface area contributed by atoms with Crippen LogP contribution in [0.1, 0.15) is 11.1 Å². The Labute approximate surface area is 118 Å². The van der Waals surface area contributed by atoms with Crippen LogP contribution in [0.2, 0.25) is 0 Å². The SMILES string of the molecule is O=C(O)C(O)(c1ccccc1)c1ccccc1I. The lowest BCUT2D eigenvalue weighted by atomic mass is 9.86. The number of carboxylic acid groups (broad SMARTS) is 1. The van der Waals surface area contributed by atoms with Gasteiger partial charge in [-0.3, -0.25) is 0 Å². The molecule has 1 unspecified atom stereocenters. The number of rotatable bonds is 3. The summed E-state index contributed by atoms with van der Waals surface area (Å²) in [4.78, 5) is 11.5. The van der Waals surface area contributed by atoms with Crippen molar-refractivity contribution in [2.24, 2.45) is 0 Å². The minimum Gasteiger partial charge on any atom is -0.479 e. The molecule has 0 heterocycles. The number of hydrogen-bond acceptors (Lipinski definition) is 2. The molecule has 0 fully saturated rings. The van der Waals surface area contributed by atoms with Gasteiger partial charge in [0.05, 0.1) is 0 Å². The van der Waals surface area contributed by atoms with Crippen LogP contribution in [0.4, 0.5) is 0 Å². The summed E-state index contributed by atoms with van der Waals surface area (Å²) in [7, 11) is 0. The summed E-state index contributed by atoms with van der Waals surface area (Å²) >= 11 is 2.02. The zero-order valence-electron chi connectivity index (χ0n) is 9.38. The third-order valence-corrected chi connectivity index (χ3v) is 3.71. The summed E-state index contributed by atoms with van der Waals surface area (Å²) < 4.78 is 0.712. The zero-order chi connectivity index (χ0) is 13.2. The zero-order valence-corrected chi connectivity index (χ0v) is 11.5. The smallest absolute Gasteiger partial charge is 0.345 e. The number of aliphatic carboxylic acids is 1.